The maximum absolute atomic E-state index is 12.7. The SMILES string of the molecule is CN(C)C(=O)CCCn1ccc(NC(=O)c2cc(=O)n(C)c3ccccc23)n1. The molecular weight excluding hydrogens is 358 g/mol. The average molecular weight is 381 g/mol. The Hall–Kier alpha value is -3.42. The minimum Gasteiger partial charge on any atom is -0.349 e. The molecule has 0 atom stereocenters. The highest BCUT2D eigenvalue weighted by Crippen LogP contribution is 2.17. The number of anilines is 1. The van der Waals surface area contributed by atoms with Crippen molar-refractivity contribution in [2.75, 3.05) is 19.4 Å². The van der Waals surface area contributed by atoms with E-state index in [-0.39, 0.29) is 17.4 Å². The van der Waals surface area contributed by atoms with Gasteiger partial charge in [0.25, 0.3) is 11.5 Å². The minimum absolute atomic E-state index is 0.0678. The second-order valence-corrected chi connectivity index (χ2v) is 6.78. The van der Waals surface area contributed by atoms with Gasteiger partial charge in [-0.25, -0.2) is 0 Å². The van der Waals surface area contributed by atoms with Gasteiger partial charge in [0, 0.05) is 57.8 Å². The van der Waals surface area contributed by atoms with Crippen LogP contribution >= 0.6 is 0 Å². The first-order valence-electron chi connectivity index (χ1n) is 9.00. The number of amides is 2. The summed E-state index contributed by atoms with van der Waals surface area (Å²) in [6, 6.07) is 10.3. The Balaban J connectivity index is 1.72. The number of nitrogens with zero attached hydrogens (tertiary/aromatic N) is 4. The van der Waals surface area contributed by atoms with Crippen LogP contribution in [0.3, 0.4) is 0 Å². The first-order valence-corrected chi connectivity index (χ1v) is 9.00. The van der Waals surface area contributed by atoms with Gasteiger partial charge in [-0.05, 0) is 12.5 Å². The van der Waals surface area contributed by atoms with Gasteiger partial charge < -0.3 is 14.8 Å². The molecule has 2 amide bonds. The molecule has 0 bridgehead atoms. The molecule has 8 heteroatoms. The smallest absolute Gasteiger partial charge is 0.257 e. The maximum atomic E-state index is 12.7. The summed E-state index contributed by atoms with van der Waals surface area (Å²) in [5.41, 5.74) is 0.751. The van der Waals surface area contributed by atoms with Gasteiger partial charge in [-0.3, -0.25) is 19.1 Å². The number of carbonyl (C=O) groups excluding carboxylic acids is 2. The minimum atomic E-state index is -0.387. The highest BCUT2D eigenvalue weighted by atomic mass is 16.2. The van der Waals surface area contributed by atoms with Crippen LogP contribution in [0.25, 0.3) is 10.9 Å². The molecule has 0 fully saturated rings. The van der Waals surface area contributed by atoms with Crippen molar-refractivity contribution in [2.24, 2.45) is 7.05 Å². The molecule has 0 aliphatic rings. The summed E-state index contributed by atoms with van der Waals surface area (Å²) in [5, 5.41) is 7.75. The Kier molecular flexibility index (Phi) is 5.58. The van der Waals surface area contributed by atoms with Crippen molar-refractivity contribution in [2.45, 2.75) is 19.4 Å². The van der Waals surface area contributed by atoms with Crippen LogP contribution in [0.15, 0.2) is 47.4 Å². The third kappa shape index (κ3) is 4.11. The Morgan fingerprint density at radius 1 is 1.18 bits per heavy atom. The molecule has 0 aliphatic heterocycles. The highest BCUT2D eigenvalue weighted by molar-refractivity contribution is 6.12. The number of para-hydroxylation sites is 1. The van der Waals surface area contributed by atoms with E-state index in [1.807, 2.05) is 18.2 Å². The number of aromatic nitrogens is 3. The Labute approximate surface area is 162 Å². The van der Waals surface area contributed by atoms with Crippen molar-refractivity contribution in [3.63, 3.8) is 0 Å². The number of hydrogen-bond donors (Lipinski definition) is 1. The van der Waals surface area contributed by atoms with Crippen LogP contribution in [0.5, 0.6) is 0 Å². The second kappa shape index (κ2) is 8.08. The fraction of sp³-hybridized carbons (Fsp3) is 0.300. The van der Waals surface area contributed by atoms with E-state index in [9.17, 15) is 14.4 Å². The summed E-state index contributed by atoms with van der Waals surface area (Å²) in [4.78, 5) is 38.1. The summed E-state index contributed by atoms with van der Waals surface area (Å²) in [7, 11) is 5.13. The van der Waals surface area contributed by atoms with Gasteiger partial charge in [0.15, 0.2) is 5.82 Å². The standard InChI is InChI=1S/C20H23N5O3/c1-23(2)18(26)9-6-11-25-12-10-17(22-25)21-20(28)15-13-19(27)24(3)16-8-5-4-7-14(15)16/h4-5,7-8,10,12-13H,6,9,11H2,1-3H3,(H,21,22,28). The molecule has 0 aliphatic carbocycles. The van der Waals surface area contributed by atoms with E-state index in [0.717, 1.165) is 0 Å². The van der Waals surface area contributed by atoms with Gasteiger partial charge >= 0.3 is 0 Å². The van der Waals surface area contributed by atoms with Crippen LogP contribution in [0, 0.1) is 0 Å². The highest BCUT2D eigenvalue weighted by Gasteiger charge is 2.14. The molecule has 1 N–H and O–H groups in total. The van der Waals surface area contributed by atoms with E-state index in [1.165, 1.54) is 10.6 Å². The number of nitrogens with one attached hydrogen (secondary N) is 1. The normalized spacial score (nSPS) is 10.8. The van der Waals surface area contributed by atoms with E-state index < -0.39 is 0 Å². The van der Waals surface area contributed by atoms with Crippen molar-refractivity contribution in [3.8, 4) is 0 Å². The number of benzene rings is 1. The van der Waals surface area contributed by atoms with Gasteiger partial charge in [-0.1, -0.05) is 18.2 Å². The van der Waals surface area contributed by atoms with Crippen LogP contribution in [0.2, 0.25) is 0 Å². The molecule has 0 spiro atoms. The molecule has 28 heavy (non-hydrogen) atoms. The van der Waals surface area contributed by atoms with Gasteiger partial charge in [0.1, 0.15) is 0 Å². The summed E-state index contributed by atoms with van der Waals surface area (Å²) >= 11 is 0. The quantitative estimate of drug-likeness (QED) is 0.706. The van der Waals surface area contributed by atoms with Gasteiger partial charge in [0.2, 0.25) is 5.91 Å². The van der Waals surface area contributed by atoms with Crippen LogP contribution in [-0.4, -0.2) is 45.2 Å². The fourth-order valence-corrected chi connectivity index (χ4v) is 2.95. The number of aryl methyl sites for hydroxylation is 2. The van der Waals surface area contributed by atoms with Crippen molar-refractivity contribution in [1.82, 2.24) is 19.2 Å². The molecule has 0 unspecified atom stereocenters. The van der Waals surface area contributed by atoms with Crippen molar-refractivity contribution >= 4 is 28.5 Å². The van der Waals surface area contributed by atoms with Crippen molar-refractivity contribution in [3.05, 3.63) is 58.5 Å². The first kappa shape index (κ1) is 19.3. The second-order valence-electron chi connectivity index (χ2n) is 6.78. The molecule has 146 valence electrons. The van der Waals surface area contributed by atoms with E-state index in [1.54, 1.807) is 49.1 Å². The van der Waals surface area contributed by atoms with Crippen LogP contribution < -0.4 is 10.9 Å². The Morgan fingerprint density at radius 3 is 2.68 bits per heavy atom. The molecular formula is C20H23N5O3. The van der Waals surface area contributed by atoms with E-state index >= 15 is 0 Å². The Bertz CT molecular complexity index is 1080. The predicted molar refractivity (Wildman–Crippen MR) is 107 cm³/mol. The van der Waals surface area contributed by atoms with Gasteiger partial charge in [-0.2, -0.15) is 5.10 Å². The van der Waals surface area contributed by atoms with Gasteiger partial charge in [-0.15, -0.1) is 0 Å². The zero-order chi connectivity index (χ0) is 20.3. The summed E-state index contributed by atoms with van der Waals surface area (Å²) < 4.78 is 3.19. The summed E-state index contributed by atoms with van der Waals surface area (Å²) in [6.45, 7) is 0.574. The predicted octanol–water partition coefficient (Wildman–Crippen LogP) is 1.86. The monoisotopic (exact) mass is 381 g/mol. The molecule has 3 rings (SSSR count). The molecule has 1 aromatic carbocycles. The molecule has 0 saturated carbocycles. The van der Waals surface area contributed by atoms with Crippen molar-refractivity contribution in [1.29, 1.82) is 0 Å². The zero-order valence-electron chi connectivity index (χ0n) is 16.2. The third-order valence-electron chi connectivity index (χ3n) is 4.56. The van der Waals surface area contributed by atoms with Gasteiger partial charge in [0.05, 0.1) is 11.1 Å². The number of hydrogen-bond acceptors (Lipinski definition) is 4. The zero-order valence-corrected chi connectivity index (χ0v) is 16.2. The molecule has 8 nitrogen and oxygen atoms in total. The van der Waals surface area contributed by atoms with Crippen molar-refractivity contribution < 1.29 is 9.59 Å². The summed E-state index contributed by atoms with van der Waals surface area (Å²) in [5.74, 6) is 0.0776. The lowest BCUT2D eigenvalue weighted by molar-refractivity contribution is -0.128. The lowest BCUT2D eigenvalue weighted by Gasteiger charge is -2.10. The summed E-state index contributed by atoms with van der Waals surface area (Å²) in [6.07, 6.45) is 2.84. The number of fused-ring (bicyclic) bond motifs is 1. The Morgan fingerprint density at radius 2 is 1.93 bits per heavy atom. The fourth-order valence-electron chi connectivity index (χ4n) is 2.95. The molecule has 0 radical (unpaired) electrons. The number of carbonyl (C=O) groups is 2. The molecule has 2 heterocycles. The van der Waals surface area contributed by atoms with E-state index in [2.05, 4.69) is 10.4 Å². The topological polar surface area (TPSA) is 89.2 Å². The maximum Gasteiger partial charge on any atom is 0.257 e. The average Bonchev–Trinajstić information content (AvgIpc) is 3.11. The van der Waals surface area contributed by atoms with Crippen LogP contribution in [-0.2, 0) is 18.4 Å². The van der Waals surface area contributed by atoms with E-state index in [0.29, 0.717) is 41.7 Å². The lowest BCUT2D eigenvalue weighted by Crippen LogP contribution is -2.22. The van der Waals surface area contributed by atoms with Crippen LogP contribution in [0.4, 0.5) is 5.82 Å². The number of pyridine rings is 1. The third-order valence-corrected chi connectivity index (χ3v) is 4.56. The number of rotatable bonds is 6. The molecule has 3 aromatic rings. The molecule has 0 saturated heterocycles. The molecule has 2 aromatic heterocycles. The first-order chi connectivity index (χ1) is 13.4. The van der Waals surface area contributed by atoms with E-state index in [4.69, 9.17) is 0 Å². The van der Waals surface area contributed by atoms with Crippen LogP contribution in [0.1, 0.15) is 23.2 Å². The lowest BCUT2D eigenvalue weighted by atomic mass is 10.1. The largest absolute Gasteiger partial charge is 0.349 e.